The molecule has 0 spiro atoms. The van der Waals surface area contributed by atoms with E-state index in [2.05, 4.69) is 26.6 Å². The van der Waals surface area contributed by atoms with Crippen LogP contribution in [-0.4, -0.2) is 98.7 Å². The van der Waals surface area contributed by atoms with Gasteiger partial charge in [0.2, 0.25) is 5.91 Å². The fraction of sp³-hybridized carbons (Fsp3) is 0.478. The standard InChI is InChI=1S/C14H18N4O2S2.C9H16N4O3S2/c1-20-11-5-3-10(4-6-11)17-14(21)18-12(9-22-2)13(19)16-8-7-15;1-4-11-9(17)12-7(5-18(3,15)16)8(14)13(2)6-10/h3-6,12H,8-9H2,1-2H3,(H,16,19)(H2,17,18,21);7H,4-5H2,1-3H3,(H2,11,12,17). The molecule has 1 aromatic rings. The quantitative estimate of drug-likeness (QED) is 0.0910. The Bertz CT molecular complexity index is 1180. The van der Waals surface area contributed by atoms with Gasteiger partial charge in [-0.2, -0.15) is 22.3 Å². The Kier molecular flexibility index (Phi) is 18.0. The summed E-state index contributed by atoms with van der Waals surface area (Å²) in [5, 5.41) is 31.5. The summed E-state index contributed by atoms with van der Waals surface area (Å²) in [6.45, 7) is 2.33. The van der Waals surface area contributed by atoms with Gasteiger partial charge in [0.25, 0.3) is 5.91 Å². The first-order valence-corrected chi connectivity index (χ1v) is 15.8. The van der Waals surface area contributed by atoms with Crippen LogP contribution in [0.2, 0.25) is 0 Å². The van der Waals surface area contributed by atoms with E-state index in [0.717, 1.165) is 22.6 Å². The monoisotopic (exact) mass is 630 g/mol. The van der Waals surface area contributed by atoms with Crippen molar-refractivity contribution in [3.05, 3.63) is 24.3 Å². The van der Waals surface area contributed by atoms with Crippen molar-refractivity contribution in [2.45, 2.75) is 19.0 Å². The maximum absolute atomic E-state index is 11.9. The number of amides is 2. The third-order valence-corrected chi connectivity index (χ3v) is 6.62. The minimum Gasteiger partial charge on any atom is -0.497 e. The van der Waals surface area contributed by atoms with Gasteiger partial charge in [0.1, 0.15) is 34.2 Å². The number of hydrogen-bond donors (Lipinski definition) is 5. The molecule has 40 heavy (non-hydrogen) atoms. The molecule has 13 nitrogen and oxygen atoms in total. The number of nitrogens with one attached hydrogen (secondary N) is 5. The van der Waals surface area contributed by atoms with Crippen molar-refractivity contribution in [3.8, 4) is 18.0 Å². The van der Waals surface area contributed by atoms with E-state index in [-0.39, 0.29) is 17.6 Å². The van der Waals surface area contributed by atoms with Gasteiger partial charge in [-0.05, 0) is 61.9 Å². The number of carbonyl (C=O) groups excluding carboxylic acids is 2. The second kappa shape index (κ2) is 19.6. The smallest absolute Gasteiger partial charge is 0.258 e. The van der Waals surface area contributed by atoms with E-state index in [4.69, 9.17) is 39.7 Å². The zero-order valence-corrected chi connectivity index (χ0v) is 26.1. The molecule has 0 radical (unpaired) electrons. The van der Waals surface area contributed by atoms with Crippen LogP contribution in [0.15, 0.2) is 24.3 Å². The second-order valence-corrected chi connectivity index (χ2v) is 11.8. The molecule has 2 atom stereocenters. The second-order valence-electron chi connectivity index (χ2n) is 7.86. The topological polar surface area (TPSA) is 188 Å². The molecule has 0 bridgehead atoms. The number of nitrogens with zero attached hydrogens (tertiary/aromatic N) is 3. The Balaban J connectivity index is 0.000000778. The van der Waals surface area contributed by atoms with Crippen LogP contribution in [0.5, 0.6) is 5.75 Å². The van der Waals surface area contributed by atoms with Gasteiger partial charge in [-0.15, -0.1) is 0 Å². The summed E-state index contributed by atoms with van der Waals surface area (Å²) in [6.07, 6.45) is 4.53. The fourth-order valence-corrected chi connectivity index (χ4v) is 4.68. The molecule has 1 aromatic carbocycles. The summed E-state index contributed by atoms with van der Waals surface area (Å²) in [7, 11) is -0.519. The maximum atomic E-state index is 11.9. The van der Waals surface area contributed by atoms with Crippen molar-refractivity contribution in [1.29, 1.82) is 10.5 Å². The summed E-state index contributed by atoms with van der Waals surface area (Å²) in [4.78, 5) is 24.5. The molecule has 220 valence electrons. The minimum absolute atomic E-state index is 0.0237. The predicted octanol–water partition coefficient (Wildman–Crippen LogP) is 0.176. The number of sulfone groups is 1. The maximum Gasteiger partial charge on any atom is 0.258 e. The van der Waals surface area contributed by atoms with Crippen molar-refractivity contribution in [1.82, 2.24) is 26.2 Å². The van der Waals surface area contributed by atoms with Gasteiger partial charge >= 0.3 is 0 Å². The van der Waals surface area contributed by atoms with Crippen LogP contribution in [0.4, 0.5) is 5.69 Å². The lowest BCUT2D eigenvalue weighted by Crippen LogP contribution is -2.52. The van der Waals surface area contributed by atoms with E-state index in [0.29, 0.717) is 17.4 Å². The Morgan fingerprint density at radius 2 is 1.70 bits per heavy atom. The van der Waals surface area contributed by atoms with Gasteiger partial charge in [0.05, 0.1) is 18.9 Å². The Morgan fingerprint density at radius 1 is 1.10 bits per heavy atom. The number of thioether (sulfide) groups is 1. The number of ether oxygens (including phenoxy) is 1. The van der Waals surface area contributed by atoms with E-state index >= 15 is 0 Å². The third-order valence-electron chi connectivity index (χ3n) is 4.54. The molecule has 0 saturated heterocycles. The number of hydrogen-bond acceptors (Lipinski definition) is 10. The third kappa shape index (κ3) is 15.9. The zero-order chi connectivity index (χ0) is 30.7. The van der Waals surface area contributed by atoms with Crippen molar-refractivity contribution in [2.75, 3.05) is 56.6 Å². The molecule has 1 rings (SSSR count). The molecule has 2 amide bonds. The molecular formula is C23H34N8O5S4. The van der Waals surface area contributed by atoms with Crippen LogP contribution in [0, 0.1) is 22.8 Å². The Morgan fingerprint density at radius 3 is 2.17 bits per heavy atom. The van der Waals surface area contributed by atoms with Crippen molar-refractivity contribution in [3.63, 3.8) is 0 Å². The molecule has 5 N–H and O–H groups in total. The minimum atomic E-state index is -3.38. The molecule has 17 heteroatoms. The van der Waals surface area contributed by atoms with Crippen LogP contribution < -0.4 is 31.3 Å². The van der Waals surface area contributed by atoms with E-state index in [1.807, 2.05) is 43.5 Å². The average molecular weight is 631 g/mol. The van der Waals surface area contributed by atoms with E-state index < -0.39 is 33.6 Å². The predicted molar refractivity (Wildman–Crippen MR) is 164 cm³/mol. The number of rotatable bonds is 12. The van der Waals surface area contributed by atoms with Gasteiger partial charge in [-0.3, -0.25) is 14.5 Å². The molecular weight excluding hydrogens is 597 g/mol. The first kappa shape index (κ1) is 36.6. The van der Waals surface area contributed by atoms with Crippen LogP contribution in [0.3, 0.4) is 0 Å². The van der Waals surface area contributed by atoms with Gasteiger partial charge in [0, 0.05) is 31.3 Å². The van der Waals surface area contributed by atoms with Gasteiger partial charge in [-0.1, -0.05) is 0 Å². The van der Waals surface area contributed by atoms with Gasteiger partial charge < -0.3 is 31.3 Å². The molecule has 0 aromatic heterocycles. The van der Waals surface area contributed by atoms with Crippen LogP contribution in [0.1, 0.15) is 6.92 Å². The van der Waals surface area contributed by atoms with E-state index in [1.54, 1.807) is 13.3 Å². The number of anilines is 1. The van der Waals surface area contributed by atoms with Crippen LogP contribution in [-0.2, 0) is 19.4 Å². The van der Waals surface area contributed by atoms with E-state index in [9.17, 15) is 18.0 Å². The lowest BCUT2D eigenvalue weighted by molar-refractivity contribution is -0.128. The molecule has 0 saturated carbocycles. The largest absolute Gasteiger partial charge is 0.497 e. The van der Waals surface area contributed by atoms with Gasteiger partial charge in [-0.25, -0.2) is 8.42 Å². The molecule has 0 aliphatic heterocycles. The summed E-state index contributed by atoms with van der Waals surface area (Å²) in [5.74, 6) is -0.0380. The highest BCUT2D eigenvalue weighted by molar-refractivity contribution is 7.98. The number of nitriles is 2. The highest BCUT2D eigenvalue weighted by Crippen LogP contribution is 2.14. The number of thiocarbonyl (C=S) groups is 2. The summed E-state index contributed by atoms with van der Waals surface area (Å²) >= 11 is 11.6. The molecule has 0 aliphatic carbocycles. The normalized spacial score (nSPS) is 11.5. The van der Waals surface area contributed by atoms with Crippen molar-refractivity contribution < 1.29 is 22.7 Å². The zero-order valence-electron chi connectivity index (χ0n) is 22.8. The first-order valence-electron chi connectivity index (χ1n) is 11.6. The summed E-state index contributed by atoms with van der Waals surface area (Å²) in [6, 6.07) is 7.57. The number of likely N-dealkylation sites (N-methyl/N-ethyl adjacent to an activating group) is 1. The lowest BCUT2D eigenvalue weighted by atomic mass is 10.3. The first-order chi connectivity index (χ1) is 18.8. The summed E-state index contributed by atoms with van der Waals surface area (Å²) in [5.41, 5.74) is 0.790. The fourth-order valence-electron chi connectivity index (χ4n) is 2.73. The number of benzene rings is 1. The van der Waals surface area contributed by atoms with Gasteiger partial charge in [0.15, 0.2) is 16.4 Å². The Hall–Kier alpha value is -3.38. The summed E-state index contributed by atoms with van der Waals surface area (Å²) < 4.78 is 27.6. The van der Waals surface area contributed by atoms with Crippen LogP contribution in [0.25, 0.3) is 0 Å². The van der Waals surface area contributed by atoms with Crippen LogP contribution >= 0.6 is 36.2 Å². The average Bonchev–Trinajstić information content (AvgIpc) is 2.90. The number of carbonyl (C=O) groups is 2. The van der Waals surface area contributed by atoms with E-state index in [1.165, 1.54) is 18.8 Å². The number of methoxy groups -OCH3 is 1. The highest BCUT2D eigenvalue weighted by atomic mass is 32.2. The van der Waals surface area contributed by atoms with Crippen molar-refractivity contribution in [2.24, 2.45) is 0 Å². The van der Waals surface area contributed by atoms with Crippen molar-refractivity contribution >= 4 is 73.8 Å². The Labute approximate surface area is 250 Å². The highest BCUT2D eigenvalue weighted by Gasteiger charge is 2.26. The SMILES string of the molecule is CCNC(=S)NC(CS(C)(=O)=O)C(=O)N(C)C#N.COc1ccc(NC(=S)NC(CSC)C(=O)NCC#N)cc1. The molecule has 0 heterocycles. The lowest BCUT2D eigenvalue weighted by Gasteiger charge is -2.20. The molecule has 0 aliphatic rings. The molecule has 0 fully saturated rings. The molecule has 2 unspecified atom stereocenters.